The van der Waals surface area contributed by atoms with Gasteiger partial charge in [0.25, 0.3) is 11.8 Å². The fourth-order valence-corrected chi connectivity index (χ4v) is 8.86. The minimum Gasteiger partial charge on any atom is -0.478 e. The molecule has 1 aromatic heterocycles. The Morgan fingerprint density at radius 3 is 2.45 bits per heavy atom. The Labute approximate surface area is 303 Å². The van der Waals surface area contributed by atoms with Gasteiger partial charge in [-0.15, -0.1) is 0 Å². The molecule has 5 heterocycles. The number of aliphatic carboxylic acids is 2. The van der Waals surface area contributed by atoms with Gasteiger partial charge in [0.05, 0.1) is 10.5 Å². The summed E-state index contributed by atoms with van der Waals surface area (Å²) in [6.07, 6.45) is 5.60. The number of halogens is 1. The summed E-state index contributed by atoms with van der Waals surface area (Å²) < 4.78 is 7.43. The number of hydrogen-bond donors (Lipinski definition) is 5. The third kappa shape index (κ3) is 6.17. The van der Waals surface area contributed by atoms with E-state index in [1.807, 2.05) is 33.0 Å². The van der Waals surface area contributed by atoms with Gasteiger partial charge in [0.1, 0.15) is 12.1 Å². The summed E-state index contributed by atoms with van der Waals surface area (Å²) in [5.41, 5.74) is 2.68. The predicted octanol–water partition coefficient (Wildman–Crippen LogP) is 2.90. The highest BCUT2D eigenvalue weighted by Gasteiger charge is 2.72. The number of carboxylic acids is 2. The van der Waals surface area contributed by atoms with E-state index in [2.05, 4.69) is 43.3 Å². The first-order valence-electron chi connectivity index (χ1n) is 17.2. The van der Waals surface area contributed by atoms with Gasteiger partial charge in [-0.2, -0.15) is 0 Å². The highest BCUT2D eigenvalue weighted by atomic mass is 79.9. The van der Waals surface area contributed by atoms with Crippen molar-refractivity contribution in [2.24, 2.45) is 17.8 Å². The van der Waals surface area contributed by atoms with Crippen LogP contribution in [0.15, 0.2) is 41.0 Å². The SMILES string of the molecule is CC(C)C[C@H]1C(=O)N2CCC[C@H]2[C@]2(O)O[C@](NC(=O)[C@@H]3C=C4c5cccc6[nH]c(Br)c(c56)C[C@H]4N(C)C3)(C(C)C)C(=O)N12.O=C(O)/C=C\C(=O)O. The van der Waals surface area contributed by atoms with Gasteiger partial charge in [0, 0.05) is 48.1 Å². The number of fused-ring (bicyclic) bond motifs is 5. The van der Waals surface area contributed by atoms with Gasteiger partial charge in [-0.1, -0.05) is 45.9 Å². The Balaban J connectivity index is 0.000000503. The van der Waals surface area contributed by atoms with Crippen LogP contribution in [0.3, 0.4) is 0 Å². The van der Waals surface area contributed by atoms with Crippen LogP contribution >= 0.6 is 15.9 Å². The number of benzene rings is 1. The Morgan fingerprint density at radius 1 is 1.14 bits per heavy atom. The van der Waals surface area contributed by atoms with Crippen molar-refractivity contribution in [1.29, 1.82) is 0 Å². The zero-order valence-corrected chi connectivity index (χ0v) is 30.8. The second-order valence-electron chi connectivity index (χ2n) is 14.7. The minimum atomic E-state index is -2.01. The summed E-state index contributed by atoms with van der Waals surface area (Å²) in [7, 11) is 2.03. The normalized spacial score (nSPS) is 29.9. The third-order valence-corrected chi connectivity index (χ3v) is 11.3. The number of piperazine rings is 1. The zero-order valence-electron chi connectivity index (χ0n) is 29.2. The number of carboxylic acid groups (broad SMARTS) is 2. The topological polar surface area (TPSA) is 193 Å². The summed E-state index contributed by atoms with van der Waals surface area (Å²) in [5.74, 6) is -6.53. The maximum Gasteiger partial charge on any atom is 0.328 e. The molecule has 6 atom stereocenters. The third-order valence-electron chi connectivity index (χ3n) is 10.6. The number of likely N-dealkylation sites (N-methyl/N-ethyl adjacent to an activating group) is 1. The number of rotatable bonds is 7. The van der Waals surface area contributed by atoms with Crippen molar-refractivity contribution in [2.75, 3.05) is 20.1 Å². The molecule has 1 aliphatic carbocycles. The zero-order chi connectivity index (χ0) is 37.2. The van der Waals surface area contributed by atoms with Crippen molar-refractivity contribution in [3.63, 3.8) is 0 Å². The molecule has 5 aliphatic rings. The fourth-order valence-electron chi connectivity index (χ4n) is 8.29. The molecule has 3 saturated heterocycles. The van der Waals surface area contributed by atoms with Crippen LogP contribution in [0, 0.1) is 17.8 Å². The number of nitrogens with zero attached hydrogens (tertiary/aromatic N) is 3. The summed E-state index contributed by atoms with van der Waals surface area (Å²) >= 11 is 3.70. The molecule has 51 heavy (non-hydrogen) atoms. The molecule has 2 aromatic rings. The van der Waals surface area contributed by atoms with E-state index in [0.29, 0.717) is 38.1 Å². The van der Waals surface area contributed by atoms with E-state index in [1.54, 1.807) is 18.7 Å². The highest BCUT2D eigenvalue weighted by molar-refractivity contribution is 9.10. The number of carbonyl (C=O) groups excluding carboxylic acids is 3. The quantitative estimate of drug-likeness (QED) is 0.262. The molecule has 14 nitrogen and oxygen atoms in total. The molecule has 4 aliphatic heterocycles. The van der Waals surface area contributed by atoms with Gasteiger partial charge in [0.2, 0.25) is 17.5 Å². The Kier molecular flexibility index (Phi) is 9.72. The Hall–Kier alpha value is -4.05. The average molecular weight is 771 g/mol. The Morgan fingerprint density at radius 2 is 1.82 bits per heavy atom. The van der Waals surface area contributed by atoms with Gasteiger partial charge in [0.15, 0.2) is 0 Å². The molecule has 0 radical (unpaired) electrons. The molecule has 5 N–H and O–H groups in total. The summed E-state index contributed by atoms with van der Waals surface area (Å²) in [6.45, 7) is 8.57. The number of aromatic nitrogens is 1. The van der Waals surface area contributed by atoms with Crippen molar-refractivity contribution in [3.05, 3.63) is 52.2 Å². The summed E-state index contributed by atoms with van der Waals surface area (Å²) in [6, 6.07) is 4.76. The molecule has 0 saturated carbocycles. The van der Waals surface area contributed by atoms with Gasteiger partial charge < -0.3 is 30.5 Å². The largest absolute Gasteiger partial charge is 0.478 e. The molecular weight excluding hydrogens is 726 g/mol. The van der Waals surface area contributed by atoms with Crippen molar-refractivity contribution >= 4 is 62.1 Å². The molecule has 0 unspecified atom stereocenters. The second kappa shape index (κ2) is 13.5. The maximum atomic E-state index is 14.4. The number of amides is 3. The van der Waals surface area contributed by atoms with Crippen LogP contribution in [0.5, 0.6) is 0 Å². The first kappa shape index (κ1) is 36.7. The first-order valence-corrected chi connectivity index (χ1v) is 18.0. The molecule has 7 rings (SSSR count). The van der Waals surface area contributed by atoms with Crippen LogP contribution in [-0.4, -0.2) is 115 Å². The lowest BCUT2D eigenvalue weighted by Crippen LogP contribution is -2.71. The number of aliphatic hydroxyl groups is 1. The van der Waals surface area contributed by atoms with Crippen LogP contribution in [-0.2, 0) is 35.1 Å². The molecule has 274 valence electrons. The van der Waals surface area contributed by atoms with E-state index in [9.17, 15) is 29.1 Å². The summed E-state index contributed by atoms with van der Waals surface area (Å²) in [5, 5.41) is 31.9. The van der Waals surface area contributed by atoms with Crippen molar-refractivity contribution in [1.82, 2.24) is 25.0 Å². The van der Waals surface area contributed by atoms with E-state index >= 15 is 0 Å². The van der Waals surface area contributed by atoms with E-state index in [4.69, 9.17) is 14.9 Å². The minimum absolute atomic E-state index is 0.104. The van der Waals surface area contributed by atoms with E-state index in [-0.39, 0.29) is 23.8 Å². The van der Waals surface area contributed by atoms with Gasteiger partial charge in [-0.05, 0) is 77.3 Å². The van der Waals surface area contributed by atoms with Crippen molar-refractivity contribution < 1.29 is 44.0 Å². The number of aromatic amines is 1. The van der Waals surface area contributed by atoms with E-state index < -0.39 is 53.4 Å². The standard InChI is InChI=1S/C32H40BrN5O5.C4H4O4/c1-16(2)12-24-29(40)37-11-7-10-25(37)32(42)38(24)30(41)31(43-32,17(3)4)35-28(39)18-13-20-19-8-6-9-22-26(19)21(27(33)34-22)14-23(20)36(5)15-18;5-3(6)1-2-4(7)8/h6,8-9,13,16-18,23-25,34,42H,7,10-12,14-15H2,1-5H3,(H,35,39);1-2H,(H,5,6)(H,7,8)/b;2-1-/t18-,23-,24+,25+,31-,32+;/m1./s1. The van der Waals surface area contributed by atoms with Gasteiger partial charge >= 0.3 is 11.9 Å². The van der Waals surface area contributed by atoms with E-state index in [0.717, 1.165) is 34.1 Å². The Bertz CT molecular complexity index is 1840. The lowest BCUT2D eigenvalue weighted by molar-refractivity contribution is -0.322. The van der Waals surface area contributed by atoms with E-state index in [1.165, 1.54) is 15.8 Å². The number of carbonyl (C=O) groups is 5. The lowest BCUT2D eigenvalue weighted by atomic mass is 9.79. The van der Waals surface area contributed by atoms with Crippen LogP contribution in [0.25, 0.3) is 16.5 Å². The number of H-pyrrole nitrogens is 1. The second-order valence-corrected chi connectivity index (χ2v) is 15.5. The number of ether oxygens (including phenoxy) is 1. The van der Waals surface area contributed by atoms with Crippen LogP contribution in [0.4, 0.5) is 0 Å². The highest BCUT2D eigenvalue weighted by Crippen LogP contribution is 2.49. The van der Waals surface area contributed by atoms with Crippen LogP contribution < -0.4 is 5.32 Å². The van der Waals surface area contributed by atoms with Crippen molar-refractivity contribution in [2.45, 2.75) is 83.1 Å². The van der Waals surface area contributed by atoms with Gasteiger partial charge in [-0.3, -0.25) is 28.9 Å². The number of hydrogen-bond acceptors (Lipinski definition) is 8. The predicted molar refractivity (Wildman–Crippen MR) is 189 cm³/mol. The van der Waals surface area contributed by atoms with Gasteiger partial charge in [-0.25, -0.2) is 9.59 Å². The van der Waals surface area contributed by atoms with Crippen LogP contribution in [0.2, 0.25) is 0 Å². The lowest BCUT2D eigenvalue weighted by Gasteiger charge is -2.49. The smallest absolute Gasteiger partial charge is 0.328 e. The maximum absolute atomic E-state index is 14.4. The molecular formula is C36H44BrN5O9. The number of nitrogens with one attached hydrogen (secondary N) is 2. The molecule has 3 amide bonds. The van der Waals surface area contributed by atoms with Crippen LogP contribution in [0.1, 0.15) is 58.1 Å². The molecule has 0 spiro atoms. The molecule has 0 bridgehead atoms. The molecule has 1 aromatic carbocycles. The molecule has 3 fully saturated rings. The molecule has 15 heteroatoms. The summed E-state index contributed by atoms with van der Waals surface area (Å²) in [4.78, 5) is 69.9. The first-order chi connectivity index (χ1) is 24.0. The average Bonchev–Trinajstić information content (AvgIpc) is 3.74. The van der Waals surface area contributed by atoms with Crippen molar-refractivity contribution in [3.8, 4) is 0 Å². The fraction of sp³-hybridized carbons (Fsp3) is 0.528. The monoisotopic (exact) mass is 769 g/mol.